The van der Waals surface area contributed by atoms with Crippen molar-refractivity contribution >= 4 is 35.8 Å². The number of ether oxygens (including phenoxy) is 6. The second-order valence-electron chi connectivity index (χ2n) is 10.5. The van der Waals surface area contributed by atoms with E-state index < -0.39 is 79.0 Å². The van der Waals surface area contributed by atoms with Crippen molar-refractivity contribution in [1.29, 1.82) is 0 Å². The minimum absolute atomic E-state index is 0.00515. The number of carbonyl (C=O) groups excluding carboxylic acids is 6. The van der Waals surface area contributed by atoms with Gasteiger partial charge in [-0.25, -0.2) is 9.59 Å². The average Bonchev–Trinajstić information content (AvgIpc) is 3.03. The Balaban J connectivity index is 1.68. The van der Waals surface area contributed by atoms with E-state index in [2.05, 4.69) is 16.0 Å². The van der Waals surface area contributed by atoms with E-state index in [4.69, 9.17) is 28.4 Å². The maximum atomic E-state index is 13.0. The molecule has 1 fully saturated rings. The fourth-order valence-corrected chi connectivity index (χ4v) is 4.74. The van der Waals surface area contributed by atoms with Crippen molar-refractivity contribution in [3.63, 3.8) is 0 Å². The number of benzene rings is 2. The third-order valence-electron chi connectivity index (χ3n) is 6.77. The summed E-state index contributed by atoms with van der Waals surface area (Å²) in [6.45, 7) is 2.47. The Kier molecular flexibility index (Phi) is 14.1. The number of urea groups is 1. The highest BCUT2D eigenvalue weighted by Gasteiger charge is 2.51. The number of hydrogen-bond acceptors (Lipinski definition) is 12. The van der Waals surface area contributed by atoms with Gasteiger partial charge in [0.1, 0.15) is 31.4 Å². The van der Waals surface area contributed by atoms with Crippen LogP contribution in [-0.4, -0.2) is 92.8 Å². The van der Waals surface area contributed by atoms with Gasteiger partial charge in [0, 0.05) is 34.3 Å². The second kappa shape index (κ2) is 18.2. The van der Waals surface area contributed by atoms with Crippen molar-refractivity contribution in [3.05, 3.63) is 71.8 Å². The van der Waals surface area contributed by atoms with Crippen molar-refractivity contribution in [1.82, 2.24) is 16.0 Å². The molecule has 3 rings (SSSR count). The third-order valence-corrected chi connectivity index (χ3v) is 6.77. The van der Waals surface area contributed by atoms with E-state index in [9.17, 15) is 28.8 Å². The van der Waals surface area contributed by atoms with Crippen molar-refractivity contribution in [2.24, 2.45) is 0 Å². The lowest BCUT2D eigenvalue weighted by atomic mass is 9.96. The van der Waals surface area contributed by atoms with E-state index in [1.54, 1.807) is 36.4 Å². The first-order valence-electron chi connectivity index (χ1n) is 14.7. The number of amides is 3. The van der Waals surface area contributed by atoms with Crippen LogP contribution in [0.5, 0.6) is 0 Å². The molecule has 15 heteroatoms. The van der Waals surface area contributed by atoms with Gasteiger partial charge < -0.3 is 44.4 Å². The van der Waals surface area contributed by atoms with E-state index in [-0.39, 0.29) is 19.6 Å². The van der Waals surface area contributed by atoms with Gasteiger partial charge >= 0.3 is 29.9 Å². The largest absolute Gasteiger partial charge is 0.463 e. The topological polar surface area (TPSA) is 194 Å². The summed E-state index contributed by atoms with van der Waals surface area (Å²) in [5.74, 6) is -3.53. The van der Waals surface area contributed by atoms with Crippen molar-refractivity contribution in [3.8, 4) is 0 Å². The zero-order chi connectivity index (χ0) is 34.3. The van der Waals surface area contributed by atoms with Gasteiger partial charge in [-0.2, -0.15) is 0 Å². The smallest absolute Gasteiger partial charge is 0.329 e. The molecule has 0 aliphatic carbocycles. The molecule has 3 N–H and O–H groups in total. The molecule has 15 nitrogen and oxygen atoms in total. The van der Waals surface area contributed by atoms with Crippen LogP contribution in [0.15, 0.2) is 60.7 Å². The van der Waals surface area contributed by atoms with Crippen molar-refractivity contribution in [2.45, 2.75) is 70.5 Å². The fourth-order valence-electron chi connectivity index (χ4n) is 4.74. The van der Waals surface area contributed by atoms with Gasteiger partial charge in [-0.1, -0.05) is 60.7 Å². The molecule has 1 saturated heterocycles. The molecule has 47 heavy (non-hydrogen) atoms. The molecule has 254 valence electrons. The predicted octanol–water partition coefficient (Wildman–Crippen LogP) is 0.923. The zero-order valence-corrected chi connectivity index (χ0v) is 26.5. The molecule has 6 atom stereocenters. The molecule has 0 aromatic heterocycles. The average molecular weight is 658 g/mol. The van der Waals surface area contributed by atoms with Crippen LogP contribution in [0, 0.1) is 0 Å². The quantitative estimate of drug-likeness (QED) is 0.192. The highest BCUT2D eigenvalue weighted by molar-refractivity contribution is 5.88. The van der Waals surface area contributed by atoms with Crippen LogP contribution >= 0.6 is 0 Å². The molecule has 0 spiro atoms. The van der Waals surface area contributed by atoms with Gasteiger partial charge in [-0.15, -0.1) is 0 Å². The predicted molar refractivity (Wildman–Crippen MR) is 162 cm³/mol. The molecule has 1 heterocycles. The molecule has 3 amide bonds. The van der Waals surface area contributed by atoms with Crippen LogP contribution in [0.3, 0.4) is 0 Å². The monoisotopic (exact) mass is 657 g/mol. The zero-order valence-electron chi connectivity index (χ0n) is 26.5. The highest BCUT2D eigenvalue weighted by Crippen LogP contribution is 2.27. The number of methoxy groups -OCH3 is 1. The molecule has 1 aliphatic rings. The molecule has 0 unspecified atom stereocenters. The van der Waals surface area contributed by atoms with Crippen LogP contribution in [0.25, 0.3) is 0 Å². The van der Waals surface area contributed by atoms with Crippen LogP contribution in [0.1, 0.15) is 31.9 Å². The molecular weight excluding hydrogens is 618 g/mol. The standard InChI is InChI=1S/C32H39N3O12/c1-19(36)43-18-25-28(45-20(2)37)29(46-21(3)38)27(31(42-4)47-25)35-32(41)33-16-26(39)34-24(15-22-11-7-5-8-12-22)30(40)44-17-23-13-9-6-10-14-23/h5-14,24-25,27-29,31H,15-18H2,1-4H3,(H,34,39)(H2,33,35,41)/t24-,25+,27+,28+,29+,31+/m0/s1. The highest BCUT2D eigenvalue weighted by atomic mass is 16.7. The van der Waals surface area contributed by atoms with Gasteiger partial charge in [0.2, 0.25) is 5.91 Å². The molecule has 2 aromatic rings. The lowest BCUT2D eigenvalue weighted by molar-refractivity contribution is -0.270. The Morgan fingerprint density at radius 3 is 1.96 bits per heavy atom. The Morgan fingerprint density at radius 1 is 0.787 bits per heavy atom. The minimum atomic E-state index is -1.34. The lowest BCUT2D eigenvalue weighted by Gasteiger charge is -2.44. The molecule has 1 aliphatic heterocycles. The summed E-state index contributed by atoms with van der Waals surface area (Å²) >= 11 is 0. The summed E-state index contributed by atoms with van der Waals surface area (Å²) in [5, 5.41) is 7.50. The van der Waals surface area contributed by atoms with E-state index in [1.807, 2.05) is 24.3 Å². The van der Waals surface area contributed by atoms with Crippen molar-refractivity contribution in [2.75, 3.05) is 20.3 Å². The Hall–Kier alpha value is -5.02. The van der Waals surface area contributed by atoms with E-state index in [0.29, 0.717) is 0 Å². The Morgan fingerprint density at radius 2 is 1.38 bits per heavy atom. The van der Waals surface area contributed by atoms with Gasteiger partial charge in [-0.05, 0) is 11.1 Å². The lowest BCUT2D eigenvalue weighted by Crippen LogP contribution is -2.67. The molecule has 0 radical (unpaired) electrons. The van der Waals surface area contributed by atoms with E-state index >= 15 is 0 Å². The number of nitrogens with one attached hydrogen (secondary N) is 3. The van der Waals surface area contributed by atoms with E-state index in [0.717, 1.165) is 25.0 Å². The Labute approximate surface area is 271 Å². The summed E-state index contributed by atoms with van der Waals surface area (Å²) in [5.41, 5.74) is 1.54. The summed E-state index contributed by atoms with van der Waals surface area (Å²) in [4.78, 5) is 74.3. The number of rotatable bonds is 14. The number of carbonyl (C=O) groups is 6. The fraction of sp³-hybridized carbons (Fsp3) is 0.438. The summed E-state index contributed by atoms with van der Waals surface area (Å²) < 4.78 is 32.4. The molecule has 0 saturated carbocycles. The first-order valence-corrected chi connectivity index (χ1v) is 14.7. The van der Waals surface area contributed by atoms with Crippen LogP contribution in [-0.2, 0) is 65.4 Å². The Bertz CT molecular complexity index is 1370. The SMILES string of the molecule is CO[C@@H]1O[C@H](COC(C)=O)[C@@H](OC(C)=O)[C@H](OC(C)=O)[C@H]1NC(=O)NCC(=O)N[C@@H](Cc1ccccc1)C(=O)OCc1ccccc1. The number of esters is 4. The molecular formula is C32H39N3O12. The van der Waals surface area contributed by atoms with Gasteiger partial charge in [0.15, 0.2) is 18.5 Å². The first-order chi connectivity index (χ1) is 22.5. The summed E-state index contributed by atoms with van der Waals surface area (Å²) in [6.07, 6.45) is -4.90. The minimum Gasteiger partial charge on any atom is -0.463 e. The molecule has 2 aromatic carbocycles. The summed E-state index contributed by atoms with van der Waals surface area (Å²) in [7, 11) is 1.26. The van der Waals surface area contributed by atoms with Crippen LogP contribution in [0.2, 0.25) is 0 Å². The first kappa shape index (κ1) is 36.4. The van der Waals surface area contributed by atoms with Crippen LogP contribution < -0.4 is 16.0 Å². The van der Waals surface area contributed by atoms with Crippen molar-refractivity contribution < 1.29 is 57.2 Å². The maximum absolute atomic E-state index is 13.0. The van der Waals surface area contributed by atoms with Gasteiger partial charge in [0.25, 0.3) is 0 Å². The second-order valence-corrected chi connectivity index (χ2v) is 10.5. The van der Waals surface area contributed by atoms with Crippen LogP contribution in [0.4, 0.5) is 4.79 Å². The number of hydrogen-bond donors (Lipinski definition) is 3. The molecule has 0 bridgehead atoms. The van der Waals surface area contributed by atoms with Gasteiger partial charge in [0.05, 0.1) is 6.54 Å². The van der Waals surface area contributed by atoms with E-state index in [1.165, 1.54) is 14.0 Å². The third kappa shape index (κ3) is 12.0. The summed E-state index contributed by atoms with van der Waals surface area (Å²) in [6, 6.07) is 14.8. The maximum Gasteiger partial charge on any atom is 0.329 e. The van der Waals surface area contributed by atoms with Gasteiger partial charge in [-0.3, -0.25) is 19.2 Å². The normalized spacial score (nSPS) is 20.9.